The van der Waals surface area contributed by atoms with Gasteiger partial charge in [-0.2, -0.15) is 5.10 Å². The summed E-state index contributed by atoms with van der Waals surface area (Å²) in [5, 5.41) is 10.4. The highest BCUT2D eigenvalue weighted by Gasteiger charge is 2.44. The first-order valence-corrected chi connectivity index (χ1v) is 17.3. The van der Waals surface area contributed by atoms with E-state index in [4.69, 9.17) is 14.2 Å². The van der Waals surface area contributed by atoms with E-state index in [9.17, 15) is 28.8 Å². The number of Topliss-reactive ketones (excluding diaryl/α,β-unsaturated/α-hetero) is 2. The van der Waals surface area contributed by atoms with Crippen molar-refractivity contribution in [2.24, 2.45) is 7.05 Å². The summed E-state index contributed by atoms with van der Waals surface area (Å²) in [5.41, 5.74) is 4.11. The number of imide groups is 1. The molecule has 4 aromatic rings. The number of pyridine rings is 1. The van der Waals surface area contributed by atoms with Crippen molar-refractivity contribution >= 4 is 40.2 Å². The number of methoxy groups -OCH3 is 2. The van der Waals surface area contributed by atoms with Crippen LogP contribution in [0.3, 0.4) is 0 Å². The van der Waals surface area contributed by atoms with Crippen molar-refractivity contribution in [1.82, 2.24) is 25.0 Å². The molecular weight excluding hydrogens is 670 g/mol. The highest BCUT2D eigenvalue weighted by atomic mass is 16.5. The lowest BCUT2D eigenvalue weighted by molar-refractivity contribution is -0.132. The fourth-order valence-corrected chi connectivity index (χ4v) is 6.90. The molecule has 14 heteroatoms. The Morgan fingerprint density at radius 2 is 1.69 bits per heavy atom. The van der Waals surface area contributed by atoms with Crippen LogP contribution in [0.25, 0.3) is 22.0 Å². The van der Waals surface area contributed by atoms with E-state index in [1.807, 2.05) is 12.1 Å². The minimum Gasteiger partial charge on any atom is -0.496 e. The molecule has 272 valence electrons. The Bertz CT molecular complexity index is 2090. The number of carbonyl (C=O) groups is 5. The Balaban J connectivity index is 0.926. The van der Waals surface area contributed by atoms with E-state index in [2.05, 4.69) is 15.5 Å². The minimum atomic E-state index is -0.887. The molecule has 1 fully saturated rings. The van der Waals surface area contributed by atoms with Crippen LogP contribution < -0.4 is 20.3 Å². The number of nitrogens with zero attached hydrogens (tertiary/aromatic N) is 3. The van der Waals surface area contributed by atoms with Crippen LogP contribution in [0.1, 0.15) is 70.4 Å². The second-order valence-corrected chi connectivity index (χ2v) is 13.0. The van der Waals surface area contributed by atoms with Crippen molar-refractivity contribution in [3.05, 3.63) is 75.3 Å². The maximum absolute atomic E-state index is 13.1. The molecule has 3 amide bonds. The number of aromatic amines is 1. The van der Waals surface area contributed by atoms with Gasteiger partial charge in [-0.15, -0.1) is 0 Å². The van der Waals surface area contributed by atoms with Gasteiger partial charge in [-0.1, -0.05) is 6.07 Å². The fraction of sp³-hybridized carbons (Fsp3) is 0.395. The highest BCUT2D eigenvalue weighted by molar-refractivity contribution is 6.23. The Kier molecular flexibility index (Phi) is 10.9. The van der Waals surface area contributed by atoms with Gasteiger partial charge in [-0.25, -0.2) is 0 Å². The van der Waals surface area contributed by atoms with Gasteiger partial charge in [0.15, 0.2) is 5.78 Å². The molecule has 1 unspecified atom stereocenters. The monoisotopic (exact) mass is 711 g/mol. The first kappa shape index (κ1) is 36.2. The lowest BCUT2D eigenvalue weighted by atomic mass is 9.92. The highest BCUT2D eigenvalue weighted by Crippen LogP contribution is 2.38. The zero-order valence-corrected chi connectivity index (χ0v) is 29.4. The van der Waals surface area contributed by atoms with E-state index in [0.717, 1.165) is 27.2 Å². The molecule has 0 bridgehead atoms. The van der Waals surface area contributed by atoms with Crippen LogP contribution >= 0.6 is 0 Å². The molecule has 52 heavy (non-hydrogen) atoms. The van der Waals surface area contributed by atoms with Crippen molar-refractivity contribution in [3.63, 3.8) is 0 Å². The number of fused-ring (bicyclic) bond motifs is 2. The van der Waals surface area contributed by atoms with Gasteiger partial charge in [0.2, 0.25) is 5.91 Å². The average Bonchev–Trinajstić information content (AvgIpc) is 3.72. The topological polar surface area (TPSA) is 179 Å². The van der Waals surface area contributed by atoms with Crippen molar-refractivity contribution in [1.29, 1.82) is 0 Å². The summed E-state index contributed by atoms with van der Waals surface area (Å²) in [4.78, 5) is 76.1. The molecule has 0 saturated heterocycles. The number of nitrogens with one attached hydrogen (secondary N) is 2. The molecule has 2 aromatic carbocycles. The van der Waals surface area contributed by atoms with Crippen molar-refractivity contribution in [2.75, 3.05) is 34.0 Å². The maximum atomic E-state index is 13.1. The molecule has 2 aliphatic rings. The maximum Gasteiger partial charge on any atom is 0.276 e. The molecule has 6 rings (SSSR count). The normalized spacial score (nSPS) is 15.8. The van der Waals surface area contributed by atoms with Crippen LogP contribution in [0, 0.1) is 0 Å². The molecule has 1 saturated carbocycles. The Morgan fingerprint density at radius 1 is 0.942 bits per heavy atom. The summed E-state index contributed by atoms with van der Waals surface area (Å²) in [5.74, 6) is -0.407. The number of benzene rings is 2. The SMILES string of the molecule is COc1cc(-c2cn(C)c(=O)c3[nH]ncc23)cc(OC)c1CCCC(=O)NCCOCCCc1ccc2c(c1)C(=O)N(C1CCC(=O)CC1=O)C2=O. The Morgan fingerprint density at radius 3 is 2.42 bits per heavy atom. The van der Waals surface area contributed by atoms with Gasteiger partial charge in [0.05, 0.1) is 50.6 Å². The second kappa shape index (κ2) is 15.7. The Labute approximate surface area is 299 Å². The van der Waals surface area contributed by atoms with Crippen LogP contribution in [0.15, 0.2) is 47.5 Å². The van der Waals surface area contributed by atoms with Crippen LogP contribution in [0.2, 0.25) is 0 Å². The largest absolute Gasteiger partial charge is 0.496 e. The second-order valence-electron chi connectivity index (χ2n) is 13.0. The van der Waals surface area contributed by atoms with E-state index in [1.54, 1.807) is 51.9 Å². The van der Waals surface area contributed by atoms with Gasteiger partial charge in [0.25, 0.3) is 17.4 Å². The first-order valence-electron chi connectivity index (χ1n) is 17.3. The number of carbonyl (C=O) groups excluding carboxylic acids is 5. The molecule has 0 spiro atoms. The molecule has 2 aromatic heterocycles. The van der Waals surface area contributed by atoms with E-state index in [0.29, 0.717) is 74.3 Å². The molecule has 14 nitrogen and oxygen atoms in total. The summed E-state index contributed by atoms with van der Waals surface area (Å²) >= 11 is 0. The number of ketones is 2. The van der Waals surface area contributed by atoms with E-state index < -0.39 is 17.9 Å². The fourth-order valence-electron chi connectivity index (χ4n) is 6.90. The van der Waals surface area contributed by atoms with E-state index in [1.165, 1.54) is 4.57 Å². The van der Waals surface area contributed by atoms with Crippen molar-refractivity contribution in [3.8, 4) is 22.6 Å². The number of hydrogen-bond donors (Lipinski definition) is 2. The van der Waals surface area contributed by atoms with Gasteiger partial charge in [-0.05, 0) is 67.5 Å². The summed E-state index contributed by atoms with van der Waals surface area (Å²) in [7, 11) is 4.85. The summed E-state index contributed by atoms with van der Waals surface area (Å²) in [6, 6.07) is 8.01. The molecule has 1 aliphatic carbocycles. The van der Waals surface area contributed by atoms with Crippen molar-refractivity contribution in [2.45, 2.75) is 57.4 Å². The molecular formula is C38H41N5O9. The van der Waals surface area contributed by atoms with Gasteiger partial charge in [0, 0.05) is 55.8 Å². The van der Waals surface area contributed by atoms with Gasteiger partial charge >= 0.3 is 0 Å². The molecule has 1 aliphatic heterocycles. The summed E-state index contributed by atoms with van der Waals surface area (Å²) < 4.78 is 18.6. The standard InChI is InChI=1S/C38H41N5O9/c1-42-21-29(28-20-40-41-35(28)38(42)49)23-17-32(50-2)26(33(18-23)51-3)7-4-8-34(46)39-13-15-52-14-5-6-22-9-11-25-27(16-22)37(48)43(36(25)47)30-12-10-24(44)19-31(30)45/h9,11,16-18,20-21,30H,4-8,10,12-15,19H2,1-3H3,(H,39,46)(H,40,41). The van der Waals surface area contributed by atoms with Gasteiger partial charge in [0.1, 0.15) is 22.8 Å². The number of aryl methyl sites for hydroxylation is 2. The lowest BCUT2D eigenvalue weighted by Gasteiger charge is -2.27. The summed E-state index contributed by atoms with van der Waals surface area (Å²) in [6.45, 7) is 1.14. The number of hydrogen-bond acceptors (Lipinski definition) is 10. The van der Waals surface area contributed by atoms with E-state index >= 15 is 0 Å². The molecule has 0 radical (unpaired) electrons. The number of amides is 3. The van der Waals surface area contributed by atoms with Crippen LogP contribution in [0.4, 0.5) is 0 Å². The minimum absolute atomic E-state index is 0.0985. The third kappa shape index (κ3) is 7.38. The third-order valence-electron chi connectivity index (χ3n) is 9.59. The number of aromatic nitrogens is 3. The Hall–Kier alpha value is -5.63. The zero-order valence-electron chi connectivity index (χ0n) is 29.4. The quantitative estimate of drug-likeness (QED) is 0.106. The molecule has 1 atom stereocenters. The predicted octanol–water partition coefficient (Wildman–Crippen LogP) is 3.32. The molecule has 2 N–H and O–H groups in total. The summed E-state index contributed by atoms with van der Waals surface area (Å²) in [6.07, 6.45) is 6.18. The smallest absolute Gasteiger partial charge is 0.276 e. The number of rotatable bonds is 15. The zero-order chi connectivity index (χ0) is 36.9. The van der Waals surface area contributed by atoms with Crippen LogP contribution in [0.5, 0.6) is 11.5 Å². The lowest BCUT2D eigenvalue weighted by Crippen LogP contribution is -2.47. The molecule has 3 heterocycles. The van der Waals surface area contributed by atoms with E-state index in [-0.39, 0.29) is 53.4 Å². The predicted molar refractivity (Wildman–Crippen MR) is 190 cm³/mol. The van der Waals surface area contributed by atoms with Crippen LogP contribution in [-0.4, -0.2) is 89.0 Å². The van der Waals surface area contributed by atoms with Gasteiger partial charge < -0.3 is 24.1 Å². The average molecular weight is 712 g/mol. The number of ether oxygens (including phenoxy) is 3. The van der Waals surface area contributed by atoms with Crippen molar-refractivity contribution < 1.29 is 38.2 Å². The van der Waals surface area contributed by atoms with Gasteiger partial charge in [-0.3, -0.25) is 38.8 Å². The third-order valence-corrected chi connectivity index (χ3v) is 9.59. The van der Waals surface area contributed by atoms with Crippen LogP contribution in [-0.2, 0) is 39.0 Å². The number of H-pyrrole nitrogens is 1. The first-order chi connectivity index (χ1) is 25.1.